The van der Waals surface area contributed by atoms with E-state index in [0.29, 0.717) is 49.1 Å². The van der Waals surface area contributed by atoms with Gasteiger partial charge >= 0.3 is 12.1 Å². The third-order valence-corrected chi connectivity index (χ3v) is 13.6. The number of fused-ring (bicyclic) bond motifs is 2. The van der Waals surface area contributed by atoms with Gasteiger partial charge in [-0.3, -0.25) is 19.1 Å². The van der Waals surface area contributed by atoms with Crippen LogP contribution in [-0.4, -0.2) is 105 Å². The highest BCUT2D eigenvalue weighted by Gasteiger charge is 2.62. The zero-order chi connectivity index (χ0) is 40.4. The molecule has 3 N–H and O–H groups in total. The summed E-state index contributed by atoms with van der Waals surface area (Å²) in [4.78, 5) is 67.9. The van der Waals surface area contributed by atoms with E-state index in [4.69, 9.17) is 19.7 Å². The van der Waals surface area contributed by atoms with Crippen molar-refractivity contribution in [2.24, 2.45) is 5.92 Å². The number of nitrogens with zero attached hydrogens (tertiary/aromatic N) is 6. The minimum Gasteiger partial charge on any atom is -0.467 e. The number of methoxy groups -OCH3 is 1. The molecule has 0 unspecified atom stereocenters. The lowest BCUT2D eigenvalue weighted by Gasteiger charge is -2.30. The van der Waals surface area contributed by atoms with Gasteiger partial charge in [0.15, 0.2) is 0 Å². The molecule has 0 spiro atoms. The molecule has 1 aromatic carbocycles. The maximum atomic E-state index is 14.7. The summed E-state index contributed by atoms with van der Waals surface area (Å²) in [7, 11) is -2.44. The van der Waals surface area contributed by atoms with Crippen LogP contribution in [0.4, 0.5) is 4.79 Å². The third-order valence-electron chi connectivity index (χ3n) is 11.8. The zero-order valence-electron chi connectivity index (χ0n) is 32.4. The first-order chi connectivity index (χ1) is 28.0. The number of allylic oxidation sites excluding steroid dienone is 1. The van der Waals surface area contributed by atoms with Crippen molar-refractivity contribution in [2.75, 3.05) is 13.7 Å². The van der Waals surface area contributed by atoms with Crippen LogP contribution < -0.4 is 20.1 Å². The lowest BCUT2D eigenvalue weighted by Crippen LogP contribution is -2.58. The summed E-state index contributed by atoms with van der Waals surface area (Å²) >= 11 is 0. The molecule has 5 atom stereocenters. The lowest BCUT2D eigenvalue weighted by atomic mass is 10.0. The molecule has 8 rings (SSSR count). The molecule has 3 aromatic rings. The second-order valence-electron chi connectivity index (χ2n) is 16.0. The van der Waals surface area contributed by atoms with Gasteiger partial charge in [0.2, 0.25) is 21.8 Å². The van der Waals surface area contributed by atoms with Crippen molar-refractivity contribution in [1.82, 2.24) is 45.2 Å². The van der Waals surface area contributed by atoms with Crippen LogP contribution in [0.5, 0.6) is 6.01 Å². The van der Waals surface area contributed by atoms with E-state index in [9.17, 15) is 27.6 Å². The second kappa shape index (κ2) is 16.5. The van der Waals surface area contributed by atoms with Crippen molar-refractivity contribution in [3.8, 4) is 28.5 Å². The predicted molar refractivity (Wildman–Crippen MR) is 209 cm³/mol. The zero-order valence-corrected chi connectivity index (χ0v) is 33.2. The molecular formula is C40H49N9O8S. The Morgan fingerprint density at radius 1 is 0.914 bits per heavy atom. The van der Waals surface area contributed by atoms with Gasteiger partial charge in [0, 0.05) is 42.4 Å². The molecule has 2 aromatic heterocycles. The van der Waals surface area contributed by atoms with Crippen LogP contribution in [0.25, 0.3) is 22.5 Å². The van der Waals surface area contributed by atoms with Gasteiger partial charge in [-0.15, -0.1) is 0 Å². The smallest absolute Gasteiger partial charge is 0.408 e. The molecule has 3 aliphatic carbocycles. The number of sulfonamides is 1. The standard InChI is InChI=1S/C40H49N9O8S/c1-56-38-41-22-26(23-42-38)34-33(25-12-6-5-7-13-25)45-49(46-34)28-20-32-35(50)44-40(37(52)47-58(54,55)30-18-19-30)21-27(40)14-8-3-2-4-9-17-31(36(51)48(32)24-28)43-39(53)57-29-15-10-11-16-29/h5-8,12-14,22-23,27-32H,2-4,9-11,15-21,24H2,1H3,(H,43,53)(H,44,50)(H,47,52)/b14-8+/t27-,28-,31-,32+,40-/m1/s1. The normalized spacial score (nSPS) is 27.3. The third kappa shape index (κ3) is 8.42. The van der Waals surface area contributed by atoms with Gasteiger partial charge in [-0.05, 0) is 64.2 Å². The first kappa shape index (κ1) is 39.4. The molecule has 58 heavy (non-hydrogen) atoms. The summed E-state index contributed by atoms with van der Waals surface area (Å²) in [5, 5.41) is 14.9. The highest BCUT2D eigenvalue weighted by molar-refractivity contribution is 7.91. The Hall–Kier alpha value is -5.39. The van der Waals surface area contributed by atoms with E-state index in [-0.39, 0.29) is 31.5 Å². The van der Waals surface area contributed by atoms with E-state index < -0.39 is 68.7 Å². The number of benzene rings is 1. The Balaban J connectivity index is 1.13. The number of hydrogen-bond donors (Lipinski definition) is 3. The number of amides is 4. The number of carbonyl (C=O) groups is 4. The summed E-state index contributed by atoms with van der Waals surface area (Å²) in [6, 6.07) is 6.90. The van der Waals surface area contributed by atoms with Crippen molar-refractivity contribution < 1.29 is 37.1 Å². The first-order valence-corrected chi connectivity index (χ1v) is 21.8. The average molecular weight is 816 g/mol. The van der Waals surface area contributed by atoms with Crippen molar-refractivity contribution >= 4 is 33.8 Å². The molecule has 308 valence electrons. The molecule has 4 heterocycles. The number of ether oxygens (including phenoxy) is 2. The van der Waals surface area contributed by atoms with Crippen LogP contribution in [-0.2, 0) is 29.1 Å². The van der Waals surface area contributed by atoms with Gasteiger partial charge < -0.3 is 25.0 Å². The molecule has 4 amide bonds. The second-order valence-corrected chi connectivity index (χ2v) is 17.9. The van der Waals surface area contributed by atoms with E-state index in [2.05, 4.69) is 25.3 Å². The summed E-state index contributed by atoms with van der Waals surface area (Å²) in [6.07, 6.45) is 14.0. The van der Waals surface area contributed by atoms with E-state index in [0.717, 1.165) is 44.1 Å². The largest absolute Gasteiger partial charge is 0.467 e. The topological polar surface area (TPSA) is 217 Å². The highest BCUT2D eigenvalue weighted by Crippen LogP contribution is 2.46. The molecule has 0 radical (unpaired) electrons. The highest BCUT2D eigenvalue weighted by atomic mass is 32.2. The Morgan fingerprint density at radius 3 is 2.33 bits per heavy atom. The van der Waals surface area contributed by atoms with Crippen LogP contribution in [0.3, 0.4) is 0 Å². The van der Waals surface area contributed by atoms with Gasteiger partial charge in [0.1, 0.15) is 35.1 Å². The fourth-order valence-corrected chi connectivity index (χ4v) is 9.66. The molecule has 0 bridgehead atoms. The number of nitrogens with one attached hydrogen (secondary N) is 3. The molecule has 17 nitrogen and oxygen atoms in total. The molecule has 4 fully saturated rings. The number of aromatic nitrogens is 5. The Morgan fingerprint density at radius 2 is 1.62 bits per heavy atom. The van der Waals surface area contributed by atoms with Gasteiger partial charge in [0.05, 0.1) is 18.4 Å². The van der Waals surface area contributed by atoms with Gasteiger partial charge in [-0.1, -0.05) is 55.3 Å². The fraction of sp³-hybridized carbons (Fsp3) is 0.550. The van der Waals surface area contributed by atoms with Crippen LogP contribution in [0, 0.1) is 5.92 Å². The molecule has 5 aliphatic rings. The summed E-state index contributed by atoms with van der Waals surface area (Å²) in [5.41, 5.74) is 0.831. The molecule has 18 heteroatoms. The van der Waals surface area contributed by atoms with E-state index in [1.165, 1.54) is 16.8 Å². The quantitative estimate of drug-likeness (QED) is 0.264. The first-order valence-electron chi connectivity index (χ1n) is 20.3. The van der Waals surface area contributed by atoms with Crippen molar-refractivity contribution in [3.63, 3.8) is 0 Å². The Bertz CT molecular complexity index is 2150. The minimum absolute atomic E-state index is 0.00677. The monoisotopic (exact) mass is 815 g/mol. The minimum atomic E-state index is -3.91. The van der Waals surface area contributed by atoms with Crippen LogP contribution in [0.1, 0.15) is 89.5 Å². The van der Waals surface area contributed by atoms with Gasteiger partial charge in [-0.2, -0.15) is 15.0 Å². The Labute approximate surface area is 336 Å². The number of hydrogen-bond acceptors (Lipinski definition) is 12. The van der Waals surface area contributed by atoms with Crippen molar-refractivity contribution in [3.05, 3.63) is 54.9 Å². The predicted octanol–water partition coefficient (Wildman–Crippen LogP) is 3.59. The maximum absolute atomic E-state index is 14.7. The van der Waals surface area contributed by atoms with Crippen molar-refractivity contribution in [1.29, 1.82) is 0 Å². The van der Waals surface area contributed by atoms with Gasteiger partial charge in [-0.25, -0.2) is 23.2 Å². The molecule has 2 aliphatic heterocycles. The average Bonchev–Trinajstić information content (AvgIpc) is 3.99. The SMILES string of the molecule is COc1ncc(-c2nn([C@@H]3C[C@H]4C(=O)N[C@]5(C(=O)NS(=O)(=O)C6CC6)C[C@H]5/C=C/CCCCC[C@@H](NC(=O)OC5CCCC5)C(=O)N4C3)nc2-c2ccccc2)cn1. The Kier molecular flexibility index (Phi) is 11.2. The van der Waals surface area contributed by atoms with Crippen LogP contribution in [0.2, 0.25) is 0 Å². The van der Waals surface area contributed by atoms with Crippen LogP contribution in [0.15, 0.2) is 54.9 Å². The van der Waals surface area contributed by atoms with E-state index in [1.54, 1.807) is 12.4 Å². The summed E-state index contributed by atoms with van der Waals surface area (Å²) in [5.74, 6) is -2.32. The van der Waals surface area contributed by atoms with Gasteiger partial charge in [0.25, 0.3) is 5.91 Å². The number of alkyl carbamates (subject to hydrolysis) is 1. The summed E-state index contributed by atoms with van der Waals surface area (Å²) < 4.78 is 38.9. The number of rotatable bonds is 9. The molecule has 3 saturated carbocycles. The van der Waals surface area contributed by atoms with E-state index in [1.807, 2.05) is 42.5 Å². The van der Waals surface area contributed by atoms with E-state index >= 15 is 0 Å². The molecule has 1 saturated heterocycles. The lowest BCUT2D eigenvalue weighted by molar-refractivity contribution is -0.141. The van der Waals surface area contributed by atoms with Crippen LogP contribution >= 0.6 is 0 Å². The fourth-order valence-electron chi connectivity index (χ4n) is 8.29. The molecular weight excluding hydrogens is 767 g/mol. The number of carbonyl (C=O) groups excluding carboxylic acids is 4. The maximum Gasteiger partial charge on any atom is 0.408 e. The van der Waals surface area contributed by atoms with Crippen molar-refractivity contribution in [2.45, 2.75) is 118 Å². The summed E-state index contributed by atoms with van der Waals surface area (Å²) in [6.45, 7) is 0.00677.